The first-order valence-electron chi connectivity index (χ1n) is 5.69. The summed E-state index contributed by atoms with van der Waals surface area (Å²) in [5.74, 6) is -3.79. The van der Waals surface area contributed by atoms with Crippen molar-refractivity contribution in [1.29, 1.82) is 0 Å². The molecule has 108 valence electrons. The van der Waals surface area contributed by atoms with Crippen molar-refractivity contribution in [3.63, 3.8) is 0 Å². The lowest BCUT2D eigenvalue weighted by Crippen LogP contribution is -2.35. The Morgan fingerprint density at radius 3 is 2.47 bits per heavy atom. The van der Waals surface area contributed by atoms with E-state index in [1.165, 1.54) is 12.1 Å². The SMILES string of the molecule is CC(C)Oc1cccc(NCC(F)(F)C(F)F)c1N. The van der Waals surface area contributed by atoms with E-state index in [0.29, 0.717) is 5.75 Å². The fraction of sp³-hybridized carbons (Fsp3) is 0.500. The molecule has 0 aromatic heterocycles. The molecule has 0 heterocycles. The Hall–Kier alpha value is -1.66. The molecule has 0 amide bonds. The zero-order valence-electron chi connectivity index (χ0n) is 10.6. The molecule has 3 N–H and O–H groups in total. The number of anilines is 2. The van der Waals surface area contributed by atoms with E-state index in [-0.39, 0.29) is 17.5 Å². The normalized spacial score (nSPS) is 12.0. The Bertz CT molecular complexity index is 424. The standard InChI is InChI=1S/C12H16F4N2O/c1-7(2)19-9-5-3-4-8(10(9)17)18-6-12(15,16)11(13)14/h3-5,7,11,18H,6,17H2,1-2H3. The number of alkyl halides is 4. The van der Waals surface area contributed by atoms with Crippen molar-refractivity contribution in [3.8, 4) is 5.75 Å². The number of para-hydroxylation sites is 1. The van der Waals surface area contributed by atoms with Gasteiger partial charge in [-0.3, -0.25) is 0 Å². The number of benzene rings is 1. The van der Waals surface area contributed by atoms with Crippen LogP contribution in [-0.4, -0.2) is 25.0 Å². The topological polar surface area (TPSA) is 47.3 Å². The Morgan fingerprint density at radius 1 is 1.32 bits per heavy atom. The molecule has 0 saturated carbocycles. The second-order valence-corrected chi connectivity index (χ2v) is 4.30. The van der Waals surface area contributed by atoms with Crippen LogP contribution in [0.1, 0.15) is 13.8 Å². The number of rotatable bonds is 6. The van der Waals surface area contributed by atoms with Crippen LogP contribution in [0.3, 0.4) is 0 Å². The summed E-state index contributed by atoms with van der Waals surface area (Å²) in [5, 5.41) is 2.21. The summed E-state index contributed by atoms with van der Waals surface area (Å²) in [6.07, 6.45) is -3.86. The average molecular weight is 280 g/mol. The van der Waals surface area contributed by atoms with E-state index >= 15 is 0 Å². The minimum absolute atomic E-state index is 0.112. The molecule has 3 nitrogen and oxygen atoms in total. The maximum absolute atomic E-state index is 12.8. The molecule has 0 atom stereocenters. The van der Waals surface area contributed by atoms with Gasteiger partial charge in [-0.15, -0.1) is 0 Å². The number of hydrogen-bond acceptors (Lipinski definition) is 3. The summed E-state index contributed by atoms with van der Waals surface area (Å²) in [4.78, 5) is 0. The zero-order valence-corrected chi connectivity index (χ0v) is 10.6. The molecule has 0 bridgehead atoms. The van der Waals surface area contributed by atoms with Crippen molar-refractivity contribution in [2.75, 3.05) is 17.6 Å². The molecule has 0 spiro atoms. The van der Waals surface area contributed by atoms with Gasteiger partial charge in [0.25, 0.3) is 0 Å². The molecule has 0 aliphatic rings. The number of halogens is 4. The van der Waals surface area contributed by atoms with Crippen LogP contribution in [0.5, 0.6) is 5.75 Å². The quantitative estimate of drug-likeness (QED) is 0.620. The van der Waals surface area contributed by atoms with E-state index in [1.54, 1.807) is 19.9 Å². The highest BCUT2D eigenvalue weighted by Gasteiger charge is 2.40. The summed E-state index contributed by atoms with van der Waals surface area (Å²) in [6, 6.07) is 4.53. The van der Waals surface area contributed by atoms with Crippen molar-refractivity contribution >= 4 is 11.4 Å². The van der Waals surface area contributed by atoms with E-state index in [1.807, 2.05) is 0 Å². The lowest BCUT2D eigenvalue weighted by molar-refractivity contribution is -0.117. The molecule has 1 rings (SSSR count). The van der Waals surface area contributed by atoms with Crippen molar-refractivity contribution in [1.82, 2.24) is 0 Å². The van der Waals surface area contributed by atoms with E-state index in [4.69, 9.17) is 10.5 Å². The van der Waals surface area contributed by atoms with Crippen molar-refractivity contribution in [2.45, 2.75) is 32.3 Å². The highest BCUT2D eigenvalue weighted by Crippen LogP contribution is 2.31. The Balaban J connectivity index is 2.80. The van der Waals surface area contributed by atoms with Crippen LogP contribution in [0.4, 0.5) is 28.9 Å². The molecule has 19 heavy (non-hydrogen) atoms. The minimum Gasteiger partial charge on any atom is -0.489 e. The predicted octanol–water partition coefficient (Wildman–Crippen LogP) is 3.37. The molecule has 0 aliphatic heterocycles. The first kappa shape index (κ1) is 15.4. The van der Waals surface area contributed by atoms with Crippen molar-refractivity contribution in [3.05, 3.63) is 18.2 Å². The maximum Gasteiger partial charge on any atom is 0.324 e. The monoisotopic (exact) mass is 280 g/mol. The van der Waals surface area contributed by atoms with Gasteiger partial charge in [0, 0.05) is 0 Å². The third-order valence-corrected chi connectivity index (χ3v) is 2.26. The first-order valence-corrected chi connectivity index (χ1v) is 5.69. The van der Waals surface area contributed by atoms with E-state index in [9.17, 15) is 17.6 Å². The van der Waals surface area contributed by atoms with Gasteiger partial charge in [0.2, 0.25) is 0 Å². The third kappa shape index (κ3) is 4.18. The minimum atomic E-state index is -4.11. The van der Waals surface area contributed by atoms with Crippen LogP contribution >= 0.6 is 0 Å². The number of ether oxygens (including phenoxy) is 1. The molecule has 0 unspecified atom stereocenters. The summed E-state index contributed by atoms with van der Waals surface area (Å²) < 4.78 is 55.0. The fourth-order valence-electron chi connectivity index (χ4n) is 1.35. The van der Waals surface area contributed by atoms with E-state index in [0.717, 1.165) is 0 Å². The number of nitrogens with two attached hydrogens (primary N) is 1. The van der Waals surface area contributed by atoms with Gasteiger partial charge < -0.3 is 15.8 Å². The lowest BCUT2D eigenvalue weighted by Gasteiger charge is -2.19. The summed E-state index contributed by atoms with van der Waals surface area (Å²) in [5.41, 5.74) is 5.97. The van der Waals surface area contributed by atoms with Gasteiger partial charge in [-0.05, 0) is 26.0 Å². The summed E-state index contributed by atoms with van der Waals surface area (Å²) >= 11 is 0. The molecular weight excluding hydrogens is 264 g/mol. The van der Waals surface area contributed by atoms with Crippen LogP contribution in [-0.2, 0) is 0 Å². The Labute approximate surface area is 108 Å². The smallest absolute Gasteiger partial charge is 0.324 e. The second kappa shape index (κ2) is 5.99. The largest absolute Gasteiger partial charge is 0.489 e. The highest BCUT2D eigenvalue weighted by molar-refractivity contribution is 5.73. The van der Waals surface area contributed by atoms with Gasteiger partial charge in [-0.1, -0.05) is 6.07 Å². The number of hydrogen-bond donors (Lipinski definition) is 2. The maximum atomic E-state index is 12.8. The van der Waals surface area contributed by atoms with Gasteiger partial charge in [-0.2, -0.15) is 8.78 Å². The molecule has 1 aromatic carbocycles. The van der Waals surface area contributed by atoms with Gasteiger partial charge in [-0.25, -0.2) is 8.78 Å². The zero-order chi connectivity index (χ0) is 14.6. The van der Waals surface area contributed by atoms with Crippen LogP contribution in [0.15, 0.2) is 18.2 Å². The van der Waals surface area contributed by atoms with E-state index < -0.39 is 18.9 Å². The molecule has 0 aliphatic carbocycles. The molecule has 0 saturated heterocycles. The summed E-state index contributed by atoms with van der Waals surface area (Å²) in [7, 11) is 0. The van der Waals surface area contributed by atoms with Crippen LogP contribution < -0.4 is 15.8 Å². The fourth-order valence-corrected chi connectivity index (χ4v) is 1.35. The first-order chi connectivity index (χ1) is 8.74. The predicted molar refractivity (Wildman–Crippen MR) is 66.1 cm³/mol. The summed E-state index contributed by atoms with van der Waals surface area (Å²) in [6.45, 7) is 2.37. The average Bonchev–Trinajstić information content (AvgIpc) is 2.29. The molecular formula is C12H16F4N2O. The highest BCUT2D eigenvalue weighted by atomic mass is 19.3. The molecule has 7 heteroatoms. The number of nitrogens with one attached hydrogen (secondary N) is 1. The van der Waals surface area contributed by atoms with Gasteiger partial charge in [0.1, 0.15) is 5.75 Å². The van der Waals surface area contributed by atoms with Crippen LogP contribution in [0, 0.1) is 0 Å². The van der Waals surface area contributed by atoms with Crippen LogP contribution in [0.2, 0.25) is 0 Å². The Kier molecular flexibility index (Phi) is 4.85. The van der Waals surface area contributed by atoms with Gasteiger partial charge in [0.05, 0.1) is 24.0 Å². The van der Waals surface area contributed by atoms with Gasteiger partial charge in [0.15, 0.2) is 0 Å². The molecule has 0 fully saturated rings. The van der Waals surface area contributed by atoms with Crippen molar-refractivity contribution in [2.24, 2.45) is 0 Å². The third-order valence-electron chi connectivity index (χ3n) is 2.26. The molecule has 1 aromatic rings. The lowest BCUT2D eigenvalue weighted by atomic mass is 10.2. The van der Waals surface area contributed by atoms with Gasteiger partial charge >= 0.3 is 12.3 Å². The number of nitrogen functional groups attached to an aromatic ring is 1. The Morgan fingerprint density at radius 2 is 1.95 bits per heavy atom. The van der Waals surface area contributed by atoms with Crippen molar-refractivity contribution < 1.29 is 22.3 Å². The van der Waals surface area contributed by atoms with E-state index in [2.05, 4.69) is 5.32 Å². The second-order valence-electron chi connectivity index (χ2n) is 4.30. The molecule has 0 radical (unpaired) electrons. The van der Waals surface area contributed by atoms with Crippen LogP contribution in [0.25, 0.3) is 0 Å².